The number of unbranched alkanes of at least 4 members (excludes halogenated alkanes) is 1. The maximum absolute atomic E-state index is 13.5. The largest absolute Gasteiger partial charge is 0.469 e. The SMILES string of the molecule is CCCC[C@H](NC(=O)CCC(=O)OC)C(=O)N[C@H](C(=O)N1CCC[C@H]1C(=O)N[C@H](C=O)C(C)C)C(C)C.CCOC(C)OCC. The Bertz CT molecular complexity index is 922. The third kappa shape index (κ3) is 16.2. The molecule has 260 valence electrons. The average Bonchev–Trinajstić information content (AvgIpc) is 3.49. The fraction of sp³-hybridized carbons (Fsp3) is 0.812. The van der Waals surface area contributed by atoms with Crippen molar-refractivity contribution >= 4 is 35.9 Å². The van der Waals surface area contributed by atoms with E-state index in [4.69, 9.17) is 9.47 Å². The van der Waals surface area contributed by atoms with Crippen LogP contribution in [0.15, 0.2) is 0 Å². The van der Waals surface area contributed by atoms with E-state index in [-0.39, 0.29) is 42.8 Å². The molecule has 45 heavy (non-hydrogen) atoms. The molecule has 4 atom stereocenters. The molecule has 0 radical (unpaired) electrons. The lowest BCUT2D eigenvalue weighted by atomic mass is 10.0. The van der Waals surface area contributed by atoms with E-state index in [0.29, 0.717) is 38.5 Å². The van der Waals surface area contributed by atoms with Gasteiger partial charge in [-0.25, -0.2) is 0 Å². The van der Waals surface area contributed by atoms with E-state index in [0.717, 1.165) is 19.6 Å². The predicted octanol–water partition coefficient (Wildman–Crippen LogP) is 2.49. The monoisotopic (exact) mass is 642 g/mol. The van der Waals surface area contributed by atoms with Crippen LogP contribution in [0.2, 0.25) is 0 Å². The Morgan fingerprint density at radius 2 is 1.51 bits per heavy atom. The van der Waals surface area contributed by atoms with Gasteiger partial charge >= 0.3 is 5.97 Å². The van der Waals surface area contributed by atoms with Gasteiger partial charge in [0.2, 0.25) is 23.6 Å². The summed E-state index contributed by atoms with van der Waals surface area (Å²) in [4.78, 5) is 76.1. The minimum atomic E-state index is -0.899. The lowest BCUT2D eigenvalue weighted by molar-refractivity contribution is -0.143. The first kappa shape index (κ1) is 41.9. The van der Waals surface area contributed by atoms with Crippen LogP contribution in [0.3, 0.4) is 0 Å². The zero-order valence-electron chi connectivity index (χ0n) is 28.8. The average molecular weight is 643 g/mol. The molecule has 0 unspecified atom stereocenters. The Labute approximate surface area is 269 Å². The highest BCUT2D eigenvalue weighted by Gasteiger charge is 2.40. The molecule has 1 aliphatic rings. The summed E-state index contributed by atoms with van der Waals surface area (Å²) >= 11 is 0. The summed E-state index contributed by atoms with van der Waals surface area (Å²) < 4.78 is 14.7. The molecule has 4 amide bonds. The number of rotatable bonds is 19. The van der Waals surface area contributed by atoms with Crippen LogP contribution in [0.1, 0.15) is 100 Å². The molecule has 1 aliphatic heterocycles. The number of carbonyl (C=O) groups excluding carboxylic acids is 6. The van der Waals surface area contributed by atoms with E-state index >= 15 is 0 Å². The molecule has 1 heterocycles. The van der Waals surface area contributed by atoms with Crippen molar-refractivity contribution in [1.29, 1.82) is 0 Å². The fourth-order valence-electron chi connectivity index (χ4n) is 4.65. The van der Waals surface area contributed by atoms with Gasteiger partial charge in [-0.3, -0.25) is 24.0 Å². The molecule has 3 N–H and O–H groups in total. The van der Waals surface area contributed by atoms with Gasteiger partial charge in [0.15, 0.2) is 6.29 Å². The van der Waals surface area contributed by atoms with E-state index < -0.39 is 42.0 Å². The molecule has 13 nitrogen and oxygen atoms in total. The summed E-state index contributed by atoms with van der Waals surface area (Å²) in [5, 5.41) is 8.18. The summed E-state index contributed by atoms with van der Waals surface area (Å²) in [6.07, 6.45) is 3.40. The summed E-state index contributed by atoms with van der Waals surface area (Å²) in [6, 6.07) is -3.13. The molecule has 0 bridgehead atoms. The number of aldehydes is 1. The van der Waals surface area contributed by atoms with E-state index in [1.807, 2.05) is 41.5 Å². The normalized spacial score (nSPS) is 16.4. The van der Waals surface area contributed by atoms with Crippen molar-refractivity contribution in [2.75, 3.05) is 26.9 Å². The molecule has 0 saturated carbocycles. The maximum Gasteiger partial charge on any atom is 0.306 e. The molecule has 0 aliphatic carbocycles. The summed E-state index contributed by atoms with van der Waals surface area (Å²) in [7, 11) is 1.24. The number of hydrogen-bond acceptors (Lipinski definition) is 9. The van der Waals surface area contributed by atoms with Crippen molar-refractivity contribution in [3.05, 3.63) is 0 Å². The highest BCUT2D eigenvalue weighted by atomic mass is 16.7. The molecule has 13 heteroatoms. The number of hydrogen-bond donors (Lipinski definition) is 3. The number of likely N-dealkylation sites (tertiary alicyclic amines) is 1. The first-order valence-electron chi connectivity index (χ1n) is 16.2. The van der Waals surface area contributed by atoms with Crippen molar-refractivity contribution in [2.24, 2.45) is 11.8 Å². The number of amides is 4. The second-order valence-electron chi connectivity index (χ2n) is 11.7. The zero-order chi connectivity index (χ0) is 34.5. The number of esters is 1. The van der Waals surface area contributed by atoms with Gasteiger partial charge in [-0.05, 0) is 51.9 Å². The van der Waals surface area contributed by atoms with Crippen LogP contribution in [0, 0.1) is 11.8 Å². The first-order chi connectivity index (χ1) is 21.3. The summed E-state index contributed by atoms with van der Waals surface area (Å²) in [5.74, 6) is -2.59. The summed E-state index contributed by atoms with van der Waals surface area (Å²) in [5.41, 5.74) is 0. The quantitative estimate of drug-likeness (QED) is 0.109. The van der Waals surface area contributed by atoms with Crippen LogP contribution in [-0.2, 0) is 43.0 Å². The Hall–Kier alpha value is -3.06. The zero-order valence-corrected chi connectivity index (χ0v) is 28.8. The minimum absolute atomic E-state index is 0.0370. The van der Waals surface area contributed by atoms with E-state index in [1.54, 1.807) is 13.8 Å². The lowest BCUT2D eigenvalue weighted by Gasteiger charge is -2.32. The third-order valence-corrected chi connectivity index (χ3v) is 7.33. The van der Waals surface area contributed by atoms with Gasteiger partial charge in [-0.15, -0.1) is 0 Å². The fourth-order valence-corrected chi connectivity index (χ4v) is 4.65. The second kappa shape index (κ2) is 23.3. The molecule has 0 spiro atoms. The molecule has 0 aromatic heterocycles. The van der Waals surface area contributed by atoms with E-state index in [2.05, 4.69) is 20.7 Å². The van der Waals surface area contributed by atoms with Crippen molar-refractivity contribution in [1.82, 2.24) is 20.9 Å². The molecular formula is C32H58N4O9. The Kier molecular flexibility index (Phi) is 21.7. The van der Waals surface area contributed by atoms with Crippen LogP contribution in [0.25, 0.3) is 0 Å². The lowest BCUT2D eigenvalue weighted by Crippen LogP contribution is -2.58. The molecule has 1 saturated heterocycles. The van der Waals surface area contributed by atoms with Crippen LogP contribution >= 0.6 is 0 Å². The van der Waals surface area contributed by atoms with Crippen molar-refractivity contribution in [2.45, 2.75) is 131 Å². The van der Waals surface area contributed by atoms with Gasteiger partial charge in [-0.2, -0.15) is 0 Å². The van der Waals surface area contributed by atoms with Crippen LogP contribution in [0.5, 0.6) is 0 Å². The molecule has 1 fully saturated rings. The van der Waals surface area contributed by atoms with Crippen molar-refractivity contribution < 1.29 is 43.0 Å². The first-order valence-corrected chi connectivity index (χ1v) is 16.2. The van der Waals surface area contributed by atoms with Gasteiger partial charge in [0.1, 0.15) is 24.4 Å². The summed E-state index contributed by atoms with van der Waals surface area (Å²) in [6.45, 7) is 16.8. The van der Waals surface area contributed by atoms with Crippen molar-refractivity contribution in [3.63, 3.8) is 0 Å². The molecule has 0 aromatic rings. The number of nitrogens with one attached hydrogen (secondary N) is 3. The van der Waals surface area contributed by atoms with Crippen LogP contribution in [-0.4, -0.2) is 98.1 Å². The topological polar surface area (TPSA) is 169 Å². The predicted molar refractivity (Wildman–Crippen MR) is 170 cm³/mol. The van der Waals surface area contributed by atoms with Crippen LogP contribution in [0.4, 0.5) is 0 Å². The van der Waals surface area contributed by atoms with Crippen molar-refractivity contribution in [3.8, 4) is 0 Å². The molecular weight excluding hydrogens is 584 g/mol. The maximum atomic E-state index is 13.5. The van der Waals surface area contributed by atoms with Gasteiger partial charge in [0.25, 0.3) is 0 Å². The van der Waals surface area contributed by atoms with E-state index in [1.165, 1.54) is 12.0 Å². The van der Waals surface area contributed by atoms with Gasteiger partial charge in [0, 0.05) is 26.2 Å². The van der Waals surface area contributed by atoms with Gasteiger partial charge in [0.05, 0.1) is 19.6 Å². The number of ether oxygens (including phenoxy) is 3. The number of carbonyl (C=O) groups is 6. The minimum Gasteiger partial charge on any atom is -0.469 e. The highest BCUT2D eigenvalue weighted by molar-refractivity contribution is 5.95. The molecule has 0 aromatic carbocycles. The van der Waals surface area contributed by atoms with Gasteiger partial charge in [-0.1, -0.05) is 47.5 Å². The standard InChI is InChI=1S/C26H44N4O7.C6H14O2/c1-7-8-10-18(27-21(32)12-13-22(33)37-6)24(34)29-23(17(4)5)26(36)30-14-9-11-20(30)25(35)28-19(15-31)16(2)3;1-4-7-6(3)8-5-2/h15-20,23H,7-14H2,1-6H3,(H,27,32)(H,28,35)(H,29,34);6H,4-5H2,1-3H3/t18-,19+,20-,23-;/m0./s1. The Morgan fingerprint density at radius 1 is 0.889 bits per heavy atom. The van der Waals surface area contributed by atoms with Gasteiger partial charge < -0.3 is 39.9 Å². The third-order valence-electron chi connectivity index (χ3n) is 7.33. The number of methoxy groups -OCH3 is 1. The number of nitrogens with zero attached hydrogens (tertiary/aromatic N) is 1. The smallest absolute Gasteiger partial charge is 0.306 e. The Morgan fingerprint density at radius 3 is 2.00 bits per heavy atom. The molecule has 1 rings (SSSR count). The Balaban J connectivity index is 0.00000212. The highest BCUT2D eigenvalue weighted by Crippen LogP contribution is 2.21. The second-order valence-corrected chi connectivity index (χ2v) is 11.7. The van der Waals surface area contributed by atoms with E-state index in [9.17, 15) is 28.8 Å². The van der Waals surface area contributed by atoms with Crippen LogP contribution < -0.4 is 16.0 Å².